The molecule has 0 heterocycles. The Morgan fingerprint density at radius 2 is 1.94 bits per heavy atom. The Labute approximate surface area is 103 Å². The Kier molecular flexibility index (Phi) is 6.33. The van der Waals surface area contributed by atoms with Crippen LogP contribution >= 0.6 is 0 Å². The zero-order chi connectivity index (χ0) is 12.5. The number of rotatable bonds is 7. The summed E-state index contributed by atoms with van der Waals surface area (Å²) in [4.78, 5) is 13.8. The van der Waals surface area contributed by atoms with Crippen LogP contribution in [0, 0.1) is 0 Å². The van der Waals surface area contributed by atoms with Crippen LogP contribution in [0.2, 0.25) is 0 Å². The monoisotopic (exact) mass is 235 g/mol. The van der Waals surface area contributed by atoms with Gasteiger partial charge in [-0.1, -0.05) is 31.5 Å². The quantitative estimate of drug-likeness (QED) is 0.727. The molecule has 3 heteroatoms. The number of amides is 1. The average molecular weight is 235 g/mol. The number of ether oxygens (including phenoxy) is 1. The van der Waals surface area contributed by atoms with E-state index in [9.17, 15) is 4.79 Å². The third kappa shape index (κ3) is 4.57. The topological polar surface area (TPSA) is 29.5 Å². The predicted molar refractivity (Wildman–Crippen MR) is 70.2 cm³/mol. The lowest BCUT2D eigenvalue weighted by Crippen LogP contribution is -2.34. The first-order valence-corrected chi connectivity index (χ1v) is 6.22. The molecule has 0 atom stereocenters. The van der Waals surface area contributed by atoms with Gasteiger partial charge in [0.05, 0.1) is 0 Å². The Balaban J connectivity index is 2.69. The van der Waals surface area contributed by atoms with Gasteiger partial charge in [-0.25, -0.2) is 0 Å². The molecular weight excluding hydrogens is 214 g/mol. The number of anilines is 1. The molecule has 0 spiro atoms. The van der Waals surface area contributed by atoms with Gasteiger partial charge in [0.1, 0.15) is 6.61 Å². The maximum absolute atomic E-state index is 12.0. The van der Waals surface area contributed by atoms with E-state index in [1.54, 1.807) is 4.90 Å². The number of hydrogen-bond acceptors (Lipinski definition) is 2. The Bertz CT molecular complexity index is 324. The lowest BCUT2D eigenvalue weighted by molar-refractivity contribution is -0.122. The fourth-order valence-corrected chi connectivity index (χ4v) is 1.59. The van der Waals surface area contributed by atoms with Crippen LogP contribution in [0.4, 0.5) is 5.69 Å². The van der Waals surface area contributed by atoms with Gasteiger partial charge in [0, 0.05) is 18.8 Å². The summed E-state index contributed by atoms with van der Waals surface area (Å²) in [5.74, 6) is 0.0338. The smallest absolute Gasteiger partial charge is 0.252 e. The van der Waals surface area contributed by atoms with Crippen molar-refractivity contribution in [3.63, 3.8) is 0 Å². The van der Waals surface area contributed by atoms with Crippen LogP contribution in [-0.4, -0.2) is 25.7 Å². The van der Waals surface area contributed by atoms with Crippen molar-refractivity contribution < 1.29 is 9.53 Å². The summed E-state index contributed by atoms with van der Waals surface area (Å²) in [5.41, 5.74) is 0.950. The number of carbonyl (C=O) groups is 1. The van der Waals surface area contributed by atoms with Crippen molar-refractivity contribution in [1.29, 1.82) is 0 Å². The summed E-state index contributed by atoms with van der Waals surface area (Å²) >= 11 is 0. The van der Waals surface area contributed by atoms with Gasteiger partial charge in [0.15, 0.2) is 0 Å². The zero-order valence-electron chi connectivity index (χ0n) is 10.7. The molecular formula is C14H21NO2. The van der Waals surface area contributed by atoms with Gasteiger partial charge in [-0.2, -0.15) is 0 Å². The number of hydrogen-bond donors (Lipinski definition) is 0. The Morgan fingerprint density at radius 3 is 2.53 bits per heavy atom. The molecule has 0 unspecified atom stereocenters. The molecule has 0 N–H and O–H groups in total. The molecule has 0 bridgehead atoms. The van der Waals surface area contributed by atoms with Crippen molar-refractivity contribution in [3.8, 4) is 0 Å². The fourth-order valence-electron chi connectivity index (χ4n) is 1.59. The van der Waals surface area contributed by atoms with Gasteiger partial charge in [-0.05, 0) is 25.5 Å². The molecule has 94 valence electrons. The molecule has 3 nitrogen and oxygen atoms in total. The fraction of sp³-hybridized carbons (Fsp3) is 0.500. The van der Waals surface area contributed by atoms with Crippen LogP contribution in [0.5, 0.6) is 0 Å². The van der Waals surface area contributed by atoms with E-state index in [1.807, 2.05) is 37.3 Å². The number of carbonyl (C=O) groups excluding carboxylic acids is 1. The highest BCUT2D eigenvalue weighted by molar-refractivity contribution is 5.94. The highest BCUT2D eigenvalue weighted by atomic mass is 16.5. The maximum Gasteiger partial charge on any atom is 0.252 e. The summed E-state index contributed by atoms with van der Waals surface area (Å²) < 4.78 is 5.19. The van der Waals surface area contributed by atoms with E-state index in [1.165, 1.54) is 0 Å². The lowest BCUT2D eigenvalue weighted by atomic mass is 10.2. The number of nitrogens with zero attached hydrogens (tertiary/aromatic N) is 1. The van der Waals surface area contributed by atoms with E-state index in [4.69, 9.17) is 4.74 Å². The minimum Gasteiger partial charge on any atom is -0.372 e. The van der Waals surface area contributed by atoms with Gasteiger partial charge < -0.3 is 9.64 Å². The normalized spacial score (nSPS) is 10.2. The predicted octanol–water partition coefficient (Wildman–Crippen LogP) is 2.86. The van der Waals surface area contributed by atoms with Crippen LogP contribution in [-0.2, 0) is 9.53 Å². The summed E-state index contributed by atoms with van der Waals surface area (Å²) in [5, 5.41) is 0. The summed E-state index contributed by atoms with van der Waals surface area (Å²) in [7, 11) is 0. The maximum atomic E-state index is 12.0. The minimum atomic E-state index is 0.0338. The Morgan fingerprint density at radius 1 is 1.24 bits per heavy atom. The molecule has 17 heavy (non-hydrogen) atoms. The molecule has 1 aromatic carbocycles. The molecule has 0 aliphatic heterocycles. The van der Waals surface area contributed by atoms with E-state index >= 15 is 0 Å². The van der Waals surface area contributed by atoms with E-state index < -0.39 is 0 Å². The molecule has 0 aliphatic carbocycles. The largest absolute Gasteiger partial charge is 0.372 e. The van der Waals surface area contributed by atoms with Crippen molar-refractivity contribution in [2.45, 2.75) is 26.7 Å². The standard InChI is InChI=1S/C14H21NO2/c1-3-5-11-15(14(16)12-17-4-2)13-9-7-6-8-10-13/h6-10H,3-5,11-12H2,1-2H3. The van der Waals surface area contributed by atoms with Crippen molar-refractivity contribution in [2.24, 2.45) is 0 Å². The van der Waals surface area contributed by atoms with Crippen LogP contribution < -0.4 is 4.90 Å². The minimum absolute atomic E-state index is 0.0338. The molecule has 1 amide bonds. The van der Waals surface area contributed by atoms with Crippen LogP contribution in [0.1, 0.15) is 26.7 Å². The number of benzene rings is 1. The van der Waals surface area contributed by atoms with Gasteiger partial charge in [0.25, 0.3) is 5.91 Å². The second kappa shape index (κ2) is 7.85. The summed E-state index contributed by atoms with van der Waals surface area (Å²) in [6.07, 6.45) is 2.08. The molecule has 0 radical (unpaired) electrons. The molecule has 1 rings (SSSR count). The van der Waals surface area contributed by atoms with Gasteiger partial charge in [-0.3, -0.25) is 4.79 Å². The highest BCUT2D eigenvalue weighted by Crippen LogP contribution is 2.14. The van der Waals surface area contributed by atoms with Crippen molar-refractivity contribution in [3.05, 3.63) is 30.3 Å². The molecule has 1 aromatic rings. The van der Waals surface area contributed by atoms with Crippen molar-refractivity contribution >= 4 is 11.6 Å². The second-order valence-corrected chi connectivity index (χ2v) is 3.87. The van der Waals surface area contributed by atoms with Crippen molar-refractivity contribution in [1.82, 2.24) is 0 Å². The van der Waals surface area contributed by atoms with E-state index in [-0.39, 0.29) is 12.5 Å². The van der Waals surface area contributed by atoms with E-state index in [2.05, 4.69) is 6.92 Å². The van der Waals surface area contributed by atoms with Gasteiger partial charge >= 0.3 is 0 Å². The van der Waals surface area contributed by atoms with Gasteiger partial charge in [0.2, 0.25) is 0 Å². The summed E-state index contributed by atoms with van der Waals surface area (Å²) in [6.45, 7) is 5.51. The zero-order valence-corrected chi connectivity index (χ0v) is 10.7. The first-order chi connectivity index (χ1) is 8.29. The van der Waals surface area contributed by atoms with Gasteiger partial charge in [-0.15, -0.1) is 0 Å². The molecule has 0 aliphatic rings. The highest BCUT2D eigenvalue weighted by Gasteiger charge is 2.14. The third-order valence-electron chi connectivity index (χ3n) is 2.53. The molecule has 0 aromatic heterocycles. The molecule has 0 fully saturated rings. The summed E-state index contributed by atoms with van der Waals surface area (Å²) in [6, 6.07) is 9.76. The lowest BCUT2D eigenvalue weighted by Gasteiger charge is -2.22. The first-order valence-electron chi connectivity index (χ1n) is 6.22. The van der Waals surface area contributed by atoms with E-state index in [0.717, 1.165) is 25.1 Å². The molecule has 0 saturated heterocycles. The SMILES string of the molecule is CCCCN(C(=O)COCC)c1ccccc1. The molecule has 0 saturated carbocycles. The third-order valence-corrected chi connectivity index (χ3v) is 2.53. The average Bonchev–Trinajstić information content (AvgIpc) is 2.38. The van der Waals surface area contributed by atoms with Crippen molar-refractivity contribution in [2.75, 3.05) is 24.7 Å². The second-order valence-electron chi connectivity index (χ2n) is 3.87. The van der Waals surface area contributed by atoms with Crippen LogP contribution in [0.3, 0.4) is 0 Å². The first kappa shape index (κ1) is 13.7. The Hall–Kier alpha value is -1.35. The van der Waals surface area contributed by atoms with E-state index in [0.29, 0.717) is 6.61 Å². The van der Waals surface area contributed by atoms with Crippen LogP contribution in [0.15, 0.2) is 30.3 Å². The number of unbranched alkanes of at least 4 members (excludes halogenated alkanes) is 1. The van der Waals surface area contributed by atoms with Crippen LogP contribution in [0.25, 0.3) is 0 Å². The number of para-hydroxylation sites is 1.